The third-order valence-electron chi connectivity index (χ3n) is 3.41. The first-order chi connectivity index (χ1) is 12.0. The van der Waals surface area contributed by atoms with Crippen molar-refractivity contribution in [1.82, 2.24) is 20.3 Å². The summed E-state index contributed by atoms with van der Waals surface area (Å²) in [6.45, 7) is 0.213. The Bertz CT molecular complexity index is 890. The zero-order valence-corrected chi connectivity index (χ0v) is 14.4. The highest BCUT2D eigenvalue weighted by atomic mass is 35.5. The molecule has 0 fully saturated rings. The van der Waals surface area contributed by atoms with Gasteiger partial charge in [-0.15, -0.1) is 5.10 Å². The summed E-state index contributed by atoms with van der Waals surface area (Å²) in [7, 11) is 3.21. The van der Waals surface area contributed by atoms with Crippen molar-refractivity contribution in [1.29, 1.82) is 0 Å². The third kappa shape index (κ3) is 4.10. The number of methoxy groups -OCH3 is 1. The van der Waals surface area contributed by atoms with Gasteiger partial charge in [0.2, 0.25) is 5.88 Å². The van der Waals surface area contributed by atoms with E-state index in [0.29, 0.717) is 28.2 Å². The molecule has 3 aromatic rings. The number of nitrogens with zero attached hydrogens (tertiary/aromatic N) is 3. The van der Waals surface area contributed by atoms with E-state index < -0.39 is 6.03 Å². The van der Waals surface area contributed by atoms with Crippen molar-refractivity contribution < 1.29 is 14.1 Å². The second-order valence-corrected chi connectivity index (χ2v) is 5.63. The first-order valence-corrected chi connectivity index (χ1v) is 7.77. The minimum Gasteiger partial charge on any atom is -0.480 e. The Morgan fingerprint density at radius 1 is 1.36 bits per heavy atom. The maximum absolute atomic E-state index is 12.0. The molecule has 3 rings (SSSR count). The summed E-state index contributed by atoms with van der Waals surface area (Å²) in [4.78, 5) is 12.0. The molecule has 2 aromatic heterocycles. The smallest absolute Gasteiger partial charge is 0.320 e. The summed E-state index contributed by atoms with van der Waals surface area (Å²) in [6.07, 6.45) is 0. The zero-order valence-electron chi connectivity index (χ0n) is 13.6. The van der Waals surface area contributed by atoms with E-state index in [4.69, 9.17) is 20.9 Å². The highest BCUT2D eigenvalue weighted by Crippen LogP contribution is 2.23. The van der Waals surface area contributed by atoms with Crippen LogP contribution in [0.2, 0.25) is 5.02 Å². The predicted octanol–water partition coefficient (Wildman–Crippen LogP) is 3.06. The van der Waals surface area contributed by atoms with E-state index in [1.807, 2.05) is 12.1 Å². The van der Waals surface area contributed by atoms with Gasteiger partial charge >= 0.3 is 6.03 Å². The largest absolute Gasteiger partial charge is 0.480 e. The van der Waals surface area contributed by atoms with Crippen molar-refractivity contribution in [2.24, 2.45) is 7.05 Å². The van der Waals surface area contributed by atoms with Crippen LogP contribution in [-0.4, -0.2) is 28.1 Å². The summed E-state index contributed by atoms with van der Waals surface area (Å²) in [5.74, 6) is 1.51. The number of hydrogen-bond acceptors (Lipinski definition) is 5. The van der Waals surface area contributed by atoms with E-state index in [-0.39, 0.29) is 6.54 Å². The Balaban J connectivity index is 1.58. The number of anilines is 1. The van der Waals surface area contributed by atoms with Crippen LogP contribution in [0.5, 0.6) is 5.88 Å². The number of nitrogens with one attached hydrogen (secondary N) is 2. The first-order valence-electron chi connectivity index (χ1n) is 7.39. The average Bonchev–Trinajstić information content (AvgIpc) is 3.20. The second kappa shape index (κ2) is 7.27. The Hall–Kier alpha value is -3.00. The zero-order chi connectivity index (χ0) is 17.8. The van der Waals surface area contributed by atoms with E-state index in [1.165, 1.54) is 11.8 Å². The number of carbonyl (C=O) groups is 1. The molecule has 0 aliphatic heterocycles. The molecular weight excluding hydrogens is 346 g/mol. The van der Waals surface area contributed by atoms with Crippen molar-refractivity contribution in [2.75, 3.05) is 12.4 Å². The first kappa shape index (κ1) is 16.8. The molecule has 1 aromatic carbocycles. The van der Waals surface area contributed by atoms with Crippen LogP contribution in [-0.2, 0) is 13.6 Å². The fourth-order valence-electron chi connectivity index (χ4n) is 2.16. The van der Waals surface area contributed by atoms with E-state index in [1.54, 1.807) is 31.3 Å². The van der Waals surface area contributed by atoms with Gasteiger partial charge in [-0.1, -0.05) is 28.9 Å². The van der Waals surface area contributed by atoms with Gasteiger partial charge in [-0.05, 0) is 12.1 Å². The number of benzene rings is 1. The van der Waals surface area contributed by atoms with Gasteiger partial charge < -0.3 is 14.6 Å². The number of ether oxygens (including phenoxy) is 1. The standard InChI is InChI=1S/C16H16ClN5O3/c1-22-14(8-15(20-22)24-2)19-16(23)18-9-12-7-13(25-21-12)10-4-3-5-11(17)6-10/h3-8H,9H2,1-2H3,(H2,18,19,23). The number of rotatable bonds is 5. The Morgan fingerprint density at radius 3 is 2.92 bits per heavy atom. The van der Waals surface area contributed by atoms with E-state index in [9.17, 15) is 4.79 Å². The molecule has 2 N–H and O–H groups in total. The van der Waals surface area contributed by atoms with Crippen LogP contribution in [0.3, 0.4) is 0 Å². The van der Waals surface area contributed by atoms with Gasteiger partial charge in [-0.25, -0.2) is 9.48 Å². The molecule has 9 heteroatoms. The van der Waals surface area contributed by atoms with Crippen LogP contribution in [0.25, 0.3) is 11.3 Å². The quantitative estimate of drug-likeness (QED) is 0.728. The molecule has 2 heterocycles. The van der Waals surface area contributed by atoms with Crippen LogP contribution >= 0.6 is 11.6 Å². The van der Waals surface area contributed by atoms with Crippen molar-refractivity contribution in [3.63, 3.8) is 0 Å². The number of amides is 2. The van der Waals surface area contributed by atoms with Crippen LogP contribution in [0.4, 0.5) is 10.6 Å². The number of carbonyl (C=O) groups excluding carboxylic acids is 1. The Kier molecular flexibility index (Phi) is 4.90. The number of halogens is 1. The molecule has 0 saturated heterocycles. The average molecular weight is 362 g/mol. The summed E-state index contributed by atoms with van der Waals surface area (Å²) >= 11 is 5.96. The van der Waals surface area contributed by atoms with Gasteiger partial charge in [0.25, 0.3) is 0 Å². The van der Waals surface area contributed by atoms with Crippen molar-refractivity contribution in [3.8, 4) is 17.2 Å². The second-order valence-electron chi connectivity index (χ2n) is 5.20. The third-order valence-corrected chi connectivity index (χ3v) is 3.64. The lowest BCUT2D eigenvalue weighted by Gasteiger charge is -2.05. The van der Waals surface area contributed by atoms with Crippen molar-refractivity contribution >= 4 is 23.4 Å². The molecular formula is C16H16ClN5O3. The van der Waals surface area contributed by atoms with Gasteiger partial charge in [0.15, 0.2) is 5.76 Å². The van der Waals surface area contributed by atoms with E-state index >= 15 is 0 Å². The molecule has 2 amide bonds. The fraction of sp³-hybridized carbons (Fsp3) is 0.188. The highest BCUT2D eigenvalue weighted by molar-refractivity contribution is 6.30. The lowest BCUT2D eigenvalue weighted by molar-refractivity contribution is 0.251. The van der Waals surface area contributed by atoms with Gasteiger partial charge in [0, 0.05) is 29.8 Å². The Morgan fingerprint density at radius 2 is 2.20 bits per heavy atom. The monoisotopic (exact) mass is 361 g/mol. The summed E-state index contributed by atoms with van der Waals surface area (Å²) in [5, 5.41) is 14.0. The number of aryl methyl sites for hydroxylation is 1. The van der Waals surface area contributed by atoms with Gasteiger partial charge in [0.1, 0.15) is 11.5 Å². The molecule has 25 heavy (non-hydrogen) atoms. The van der Waals surface area contributed by atoms with Crippen molar-refractivity contribution in [3.05, 3.63) is 47.1 Å². The molecule has 0 aliphatic carbocycles. The minimum atomic E-state index is -0.391. The fourth-order valence-corrected chi connectivity index (χ4v) is 2.35. The number of hydrogen-bond donors (Lipinski definition) is 2. The molecule has 0 unspecified atom stereocenters. The normalized spacial score (nSPS) is 10.5. The Labute approximate surface area is 148 Å². The maximum atomic E-state index is 12.0. The number of aromatic nitrogens is 3. The molecule has 130 valence electrons. The molecule has 0 aliphatic rings. The summed E-state index contributed by atoms with van der Waals surface area (Å²) in [5.41, 5.74) is 1.41. The van der Waals surface area contributed by atoms with E-state index in [2.05, 4.69) is 20.9 Å². The molecule has 0 spiro atoms. The van der Waals surface area contributed by atoms with Crippen LogP contribution in [0.15, 0.2) is 40.9 Å². The van der Waals surface area contributed by atoms with Crippen LogP contribution in [0.1, 0.15) is 5.69 Å². The lowest BCUT2D eigenvalue weighted by atomic mass is 10.1. The van der Waals surface area contributed by atoms with E-state index in [0.717, 1.165) is 5.56 Å². The number of urea groups is 1. The summed E-state index contributed by atoms with van der Waals surface area (Å²) < 4.78 is 11.8. The minimum absolute atomic E-state index is 0.213. The predicted molar refractivity (Wildman–Crippen MR) is 92.6 cm³/mol. The topological polar surface area (TPSA) is 94.2 Å². The molecule has 8 nitrogen and oxygen atoms in total. The molecule has 0 saturated carbocycles. The molecule has 0 bridgehead atoms. The lowest BCUT2D eigenvalue weighted by Crippen LogP contribution is -2.29. The molecule has 0 radical (unpaired) electrons. The van der Waals surface area contributed by atoms with Gasteiger partial charge in [0.05, 0.1) is 13.7 Å². The van der Waals surface area contributed by atoms with Crippen LogP contribution in [0, 0.1) is 0 Å². The van der Waals surface area contributed by atoms with Crippen molar-refractivity contribution in [2.45, 2.75) is 6.54 Å². The highest BCUT2D eigenvalue weighted by Gasteiger charge is 2.11. The summed E-state index contributed by atoms with van der Waals surface area (Å²) in [6, 6.07) is 10.2. The van der Waals surface area contributed by atoms with Crippen LogP contribution < -0.4 is 15.4 Å². The van der Waals surface area contributed by atoms with Gasteiger partial charge in [-0.3, -0.25) is 5.32 Å². The molecule has 0 atom stereocenters. The maximum Gasteiger partial charge on any atom is 0.320 e. The SMILES string of the molecule is COc1cc(NC(=O)NCc2cc(-c3cccc(Cl)c3)on2)n(C)n1. The van der Waals surface area contributed by atoms with Gasteiger partial charge in [-0.2, -0.15) is 0 Å².